The van der Waals surface area contributed by atoms with E-state index in [4.69, 9.17) is 9.47 Å². The molecule has 2 rings (SSSR count). The van der Waals surface area contributed by atoms with Crippen LogP contribution < -0.4 is 10.1 Å². The predicted molar refractivity (Wildman–Crippen MR) is 54.5 cm³/mol. The van der Waals surface area contributed by atoms with E-state index >= 15 is 0 Å². The predicted octanol–water partition coefficient (Wildman–Crippen LogP) is 1.50. The van der Waals surface area contributed by atoms with Crippen molar-refractivity contribution in [2.24, 2.45) is 0 Å². The summed E-state index contributed by atoms with van der Waals surface area (Å²) in [4.78, 5) is 0. The Morgan fingerprint density at radius 1 is 1.53 bits per heavy atom. The Hall–Kier alpha value is -1.13. The summed E-state index contributed by atoms with van der Waals surface area (Å²) < 4.78 is 23.9. The summed E-state index contributed by atoms with van der Waals surface area (Å²) in [6.45, 7) is 1.94. The van der Waals surface area contributed by atoms with E-state index in [1.165, 1.54) is 6.07 Å². The normalized spacial score (nSPS) is 21.3. The number of morpholine rings is 1. The van der Waals surface area contributed by atoms with Crippen LogP contribution in [0.4, 0.5) is 4.39 Å². The summed E-state index contributed by atoms with van der Waals surface area (Å²) >= 11 is 0. The Morgan fingerprint density at radius 2 is 2.40 bits per heavy atom. The van der Waals surface area contributed by atoms with E-state index in [1.54, 1.807) is 19.2 Å². The van der Waals surface area contributed by atoms with Crippen molar-refractivity contribution in [3.8, 4) is 5.75 Å². The molecule has 1 aromatic carbocycles. The van der Waals surface area contributed by atoms with Crippen LogP contribution in [0.25, 0.3) is 0 Å². The number of hydrogen-bond donors (Lipinski definition) is 1. The lowest BCUT2D eigenvalue weighted by Crippen LogP contribution is -2.35. The lowest BCUT2D eigenvalue weighted by atomic mass is 10.1. The first-order valence-electron chi connectivity index (χ1n) is 4.96. The molecule has 1 saturated heterocycles. The Kier molecular flexibility index (Phi) is 3.18. The van der Waals surface area contributed by atoms with Crippen molar-refractivity contribution in [1.29, 1.82) is 0 Å². The van der Waals surface area contributed by atoms with Crippen LogP contribution in [0.3, 0.4) is 0 Å². The van der Waals surface area contributed by atoms with E-state index in [0.29, 0.717) is 24.5 Å². The molecule has 1 aliphatic rings. The molecule has 0 spiro atoms. The molecule has 1 heterocycles. The van der Waals surface area contributed by atoms with Gasteiger partial charge in [-0.3, -0.25) is 0 Å². The third kappa shape index (κ3) is 2.27. The van der Waals surface area contributed by atoms with E-state index < -0.39 is 0 Å². The van der Waals surface area contributed by atoms with Crippen molar-refractivity contribution in [3.05, 3.63) is 29.6 Å². The third-order valence-corrected chi connectivity index (χ3v) is 2.50. The Bertz CT molecular complexity index is 337. The van der Waals surface area contributed by atoms with E-state index in [9.17, 15) is 4.39 Å². The van der Waals surface area contributed by atoms with Gasteiger partial charge in [0.2, 0.25) is 0 Å². The van der Waals surface area contributed by atoms with Gasteiger partial charge >= 0.3 is 0 Å². The van der Waals surface area contributed by atoms with Gasteiger partial charge in [-0.1, -0.05) is 0 Å². The molecule has 1 N–H and O–H groups in total. The van der Waals surface area contributed by atoms with Gasteiger partial charge in [-0.2, -0.15) is 0 Å². The van der Waals surface area contributed by atoms with Gasteiger partial charge in [0.25, 0.3) is 0 Å². The van der Waals surface area contributed by atoms with E-state index in [0.717, 1.165) is 6.54 Å². The summed E-state index contributed by atoms with van der Waals surface area (Å²) in [5.41, 5.74) is 0.606. The first kappa shape index (κ1) is 10.4. The number of benzene rings is 1. The van der Waals surface area contributed by atoms with Gasteiger partial charge in [0.1, 0.15) is 11.6 Å². The molecule has 0 unspecified atom stereocenters. The van der Waals surface area contributed by atoms with Gasteiger partial charge in [-0.05, 0) is 18.2 Å². The number of hydrogen-bond acceptors (Lipinski definition) is 3. The van der Waals surface area contributed by atoms with Crippen molar-refractivity contribution < 1.29 is 13.9 Å². The maximum absolute atomic E-state index is 13.5. The highest BCUT2D eigenvalue weighted by Gasteiger charge is 2.19. The fraction of sp³-hybridized carbons (Fsp3) is 0.455. The molecule has 4 heteroatoms. The molecule has 0 aliphatic carbocycles. The third-order valence-electron chi connectivity index (χ3n) is 2.50. The van der Waals surface area contributed by atoms with Crippen molar-refractivity contribution in [1.82, 2.24) is 5.32 Å². The number of halogens is 1. The molecule has 0 amide bonds. The molecule has 15 heavy (non-hydrogen) atoms. The number of methoxy groups -OCH3 is 1. The van der Waals surface area contributed by atoms with Gasteiger partial charge in [0.05, 0.1) is 26.4 Å². The van der Waals surface area contributed by atoms with E-state index in [2.05, 4.69) is 5.32 Å². The summed E-state index contributed by atoms with van der Waals surface area (Å²) in [6, 6.07) is 4.67. The summed E-state index contributed by atoms with van der Waals surface area (Å²) in [7, 11) is 1.57. The average Bonchev–Trinajstić information content (AvgIpc) is 2.31. The van der Waals surface area contributed by atoms with E-state index in [1.807, 2.05) is 0 Å². The molecule has 0 saturated carbocycles. The lowest BCUT2D eigenvalue weighted by molar-refractivity contribution is 0.0757. The Balaban J connectivity index is 2.24. The molecule has 1 atom stereocenters. The van der Waals surface area contributed by atoms with Crippen LogP contribution in [-0.2, 0) is 4.74 Å². The second-order valence-electron chi connectivity index (χ2n) is 3.47. The second-order valence-corrected chi connectivity index (χ2v) is 3.47. The highest BCUT2D eigenvalue weighted by Crippen LogP contribution is 2.23. The van der Waals surface area contributed by atoms with Crippen molar-refractivity contribution in [2.45, 2.75) is 6.04 Å². The van der Waals surface area contributed by atoms with Crippen LogP contribution in [0.1, 0.15) is 11.6 Å². The molecule has 1 aromatic rings. The van der Waals surface area contributed by atoms with Gasteiger partial charge in [0, 0.05) is 12.1 Å². The van der Waals surface area contributed by atoms with Crippen LogP contribution >= 0.6 is 0 Å². The standard InChI is InChI=1S/C11H14FNO2/c1-14-8-2-3-10(12)9(6-8)11-7-15-5-4-13-11/h2-3,6,11,13H,4-5,7H2,1H3/t11-/m0/s1. The Labute approximate surface area is 88.2 Å². The minimum atomic E-state index is -0.223. The largest absolute Gasteiger partial charge is 0.497 e. The maximum atomic E-state index is 13.5. The topological polar surface area (TPSA) is 30.5 Å². The number of ether oxygens (including phenoxy) is 2. The fourth-order valence-electron chi connectivity index (χ4n) is 1.68. The van der Waals surface area contributed by atoms with Gasteiger partial charge in [0.15, 0.2) is 0 Å². The summed E-state index contributed by atoms with van der Waals surface area (Å²) in [5, 5.41) is 3.21. The molecule has 3 nitrogen and oxygen atoms in total. The van der Waals surface area contributed by atoms with Crippen molar-refractivity contribution >= 4 is 0 Å². The number of nitrogens with one attached hydrogen (secondary N) is 1. The van der Waals surface area contributed by atoms with Crippen LogP contribution in [0.2, 0.25) is 0 Å². The zero-order valence-corrected chi connectivity index (χ0v) is 8.63. The Morgan fingerprint density at radius 3 is 3.07 bits per heavy atom. The molecule has 0 radical (unpaired) electrons. The first-order chi connectivity index (χ1) is 7.31. The second kappa shape index (κ2) is 4.59. The van der Waals surface area contributed by atoms with E-state index in [-0.39, 0.29) is 11.9 Å². The van der Waals surface area contributed by atoms with Crippen molar-refractivity contribution in [2.75, 3.05) is 26.9 Å². The monoisotopic (exact) mass is 211 g/mol. The summed E-state index contributed by atoms with van der Waals surface area (Å²) in [6.07, 6.45) is 0. The zero-order chi connectivity index (χ0) is 10.7. The van der Waals surface area contributed by atoms with Crippen molar-refractivity contribution in [3.63, 3.8) is 0 Å². The highest BCUT2D eigenvalue weighted by atomic mass is 19.1. The molecular formula is C11H14FNO2. The average molecular weight is 211 g/mol. The van der Waals surface area contributed by atoms with Crippen LogP contribution in [0.5, 0.6) is 5.75 Å². The molecule has 1 fully saturated rings. The molecular weight excluding hydrogens is 197 g/mol. The van der Waals surface area contributed by atoms with Gasteiger partial charge in [-0.25, -0.2) is 4.39 Å². The molecule has 82 valence electrons. The minimum absolute atomic E-state index is 0.0751. The fourth-order valence-corrected chi connectivity index (χ4v) is 1.68. The first-order valence-corrected chi connectivity index (χ1v) is 4.96. The minimum Gasteiger partial charge on any atom is -0.497 e. The SMILES string of the molecule is COc1ccc(F)c([C@@H]2COCCN2)c1. The van der Waals surface area contributed by atoms with Crippen LogP contribution in [0.15, 0.2) is 18.2 Å². The highest BCUT2D eigenvalue weighted by molar-refractivity contribution is 5.32. The van der Waals surface area contributed by atoms with Gasteiger partial charge in [-0.15, -0.1) is 0 Å². The molecule has 0 aromatic heterocycles. The maximum Gasteiger partial charge on any atom is 0.128 e. The lowest BCUT2D eigenvalue weighted by Gasteiger charge is -2.24. The smallest absolute Gasteiger partial charge is 0.128 e. The molecule has 1 aliphatic heterocycles. The quantitative estimate of drug-likeness (QED) is 0.804. The van der Waals surface area contributed by atoms with Crippen LogP contribution in [-0.4, -0.2) is 26.9 Å². The van der Waals surface area contributed by atoms with Gasteiger partial charge < -0.3 is 14.8 Å². The number of rotatable bonds is 2. The zero-order valence-electron chi connectivity index (χ0n) is 8.63. The molecule has 0 bridgehead atoms. The van der Waals surface area contributed by atoms with Crippen LogP contribution in [0, 0.1) is 5.82 Å². The summed E-state index contributed by atoms with van der Waals surface area (Å²) in [5.74, 6) is 0.442.